The van der Waals surface area contributed by atoms with E-state index in [-0.39, 0.29) is 0 Å². The number of hydrogen-bond donors (Lipinski definition) is 1. The topological polar surface area (TPSA) is 29.9 Å². The number of nitrogens with one attached hydrogen (secondary N) is 1. The Bertz CT molecular complexity index is 346. The molecular weight excluding hydrogens is 186 g/mol. The molecule has 0 bridgehead atoms. The third-order valence-electron chi connectivity index (χ3n) is 3.83. The molecule has 1 aromatic rings. The number of hydrogen-bond acceptors (Lipinski definition) is 2. The Kier molecular flexibility index (Phi) is 2.28. The third-order valence-corrected chi connectivity index (χ3v) is 3.83. The molecule has 2 fully saturated rings. The molecule has 3 heteroatoms. The zero-order valence-corrected chi connectivity index (χ0v) is 9.37. The summed E-state index contributed by atoms with van der Waals surface area (Å²) >= 11 is 0. The van der Waals surface area contributed by atoms with Crippen molar-refractivity contribution in [1.82, 2.24) is 14.9 Å². The number of aromatic nitrogens is 2. The van der Waals surface area contributed by atoms with Crippen molar-refractivity contribution in [2.24, 2.45) is 7.05 Å². The molecule has 15 heavy (non-hydrogen) atoms. The first-order chi connectivity index (χ1) is 7.34. The molecule has 0 radical (unpaired) electrons. The van der Waals surface area contributed by atoms with E-state index in [1.54, 1.807) is 0 Å². The lowest BCUT2D eigenvalue weighted by Crippen LogP contribution is -2.17. The van der Waals surface area contributed by atoms with Gasteiger partial charge in [-0.25, -0.2) is 4.98 Å². The van der Waals surface area contributed by atoms with Crippen LogP contribution >= 0.6 is 0 Å². The van der Waals surface area contributed by atoms with Crippen molar-refractivity contribution >= 4 is 0 Å². The van der Waals surface area contributed by atoms with E-state index >= 15 is 0 Å². The van der Waals surface area contributed by atoms with Gasteiger partial charge in [0, 0.05) is 19.2 Å². The highest BCUT2D eigenvalue weighted by Crippen LogP contribution is 2.36. The van der Waals surface area contributed by atoms with Gasteiger partial charge in [-0.1, -0.05) is 6.42 Å². The van der Waals surface area contributed by atoms with Crippen molar-refractivity contribution in [3.8, 4) is 0 Å². The summed E-state index contributed by atoms with van der Waals surface area (Å²) in [5.41, 5.74) is 1.33. The van der Waals surface area contributed by atoms with E-state index in [0.717, 1.165) is 12.5 Å². The molecule has 1 aromatic heterocycles. The van der Waals surface area contributed by atoms with Crippen molar-refractivity contribution in [3.63, 3.8) is 0 Å². The van der Waals surface area contributed by atoms with Gasteiger partial charge in [0.25, 0.3) is 0 Å². The molecule has 0 aromatic carbocycles. The fraction of sp³-hybridized carbons (Fsp3) is 0.750. The summed E-state index contributed by atoms with van der Waals surface area (Å²) in [7, 11) is 2.13. The summed E-state index contributed by atoms with van der Waals surface area (Å²) in [5, 5.41) is 3.52. The van der Waals surface area contributed by atoms with Crippen LogP contribution in [0.25, 0.3) is 0 Å². The Morgan fingerprint density at radius 1 is 1.33 bits per heavy atom. The molecule has 1 aliphatic carbocycles. The second-order valence-electron chi connectivity index (χ2n) is 4.91. The first-order valence-corrected chi connectivity index (χ1v) is 6.11. The molecular formula is C12H19N3. The normalized spacial score (nSPS) is 26.9. The Balaban J connectivity index is 1.84. The van der Waals surface area contributed by atoms with E-state index < -0.39 is 0 Å². The maximum Gasteiger partial charge on any atom is 0.125 e. The first kappa shape index (κ1) is 9.40. The van der Waals surface area contributed by atoms with Crippen LogP contribution in [0.4, 0.5) is 0 Å². The highest BCUT2D eigenvalue weighted by atomic mass is 15.1. The first-order valence-electron chi connectivity index (χ1n) is 6.11. The van der Waals surface area contributed by atoms with Crippen molar-refractivity contribution in [2.75, 3.05) is 6.54 Å². The lowest BCUT2D eigenvalue weighted by molar-refractivity contribution is 0.411. The Hall–Kier alpha value is -0.830. The molecule has 3 rings (SSSR count). The van der Waals surface area contributed by atoms with E-state index in [1.165, 1.54) is 43.6 Å². The zero-order valence-electron chi connectivity index (χ0n) is 9.37. The number of nitrogens with zero attached hydrogens (tertiary/aromatic N) is 2. The molecule has 3 nitrogen and oxygen atoms in total. The van der Waals surface area contributed by atoms with E-state index in [2.05, 4.69) is 23.1 Å². The molecule has 1 saturated heterocycles. The summed E-state index contributed by atoms with van der Waals surface area (Å²) < 4.78 is 2.22. The molecule has 0 amide bonds. The molecule has 82 valence electrons. The van der Waals surface area contributed by atoms with Crippen molar-refractivity contribution in [2.45, 2.75) is 44.1 Å². The van der Waals surface area contributed by atoms with Gasteiger partial charge in [-0.15, -0.1) is 0 Å². The predicted octanol–water partition coefficient (Wildman–Crippen LogP) is 2.11. The van der Waals surface area contributed by atoms with Crippen LogP contribution in [0.3, 0.4) is 0 Å². The zero-order chi connectivity index (χ0) is 10.3. The minimum absolute atomic E-state index is 0.504. The third kappa shape index (κ3) is 1.59. The Morgan fingerprint density at radius 2 is 2.20 bits per heavy atom. The van der Waals surface area contributed by atoms with Gasteiger partial charge >= 0.3 is 0 Å². The summed E-state index contributed by atoms with van der Waals surface area (Å²) in [6.45, 7) is 1.15. The van der Waals surface area contributed by atoms with Gasteiger partial charge < -0.3 is 9.88 Å². The standard InChI is InChI=1S/C12H19N3/c1-15-8-11(9-4-2-5-9)14-12(15)10-6-3-7-13-10/h8-10,13H,2-7H2,1H3. The highest BCUT2D eigenvalue weighted by Gasteiger charge is 2.26. The van der Waals surface area contributed by atoms with Gasteiger partial charge in [-0.3, -0.25) is 0 Å². The van der Waals surface area contributed by atoms with Crippen LogP contribution in [0.15, 0.2) is 6.20 Å². The Labute approximate surface area is 90.9 Å². The molecule has 0 spiro atoms. The quantitative estimate of drug-likeness (QED) is 0.801. The maximum absolute atomic E-state index is 4.81. The van der Waals surface area contributed by atoms with Gasteiger partial charge in [-0.2, -0.15) is 0 Å². The minimum Gasteiger partial charge on any atom is -0.336 e. The summed E-state index contributed by atoms with van der Waals surface area (Å²) in [5.74, 6) is 2.00. The molecule has 1 unspecified atom stereocenters. The largest absolute Gasteiger partial charge is 0.336 e. The van der Waals surface area contributed by atoms with Crippen LogP contribution in [0.1, 0.15) is 55.6 Å². The number of rotatable bonds is 2. The molecule has 2 heterocycles. The van der Waals surface area contributed by atoms with Crippen LogP contribution in [0, 0.1) is 0 Å². The fourth-order valence-corrected chi connectivity index (χ4v) is 2.63. The second-order valence-corrected chi connectivity index (χ2v) is 4.91. The van der Waals surface area contributed by atoms with Gasteiger partial charge in [-0.05, 0) is 32.2 Å². The van der Waals surface area contributed by atoms with Gasteiger partial charge in [0.05, 0.1) is 11.7 Å². The average molecular weight is 205 g/mol. The molecule has 1 N–H and O–H groups in total. The Morgan fingerprint density at radius 3 is 2.80 bits per heavy atom. The highest BCUT2D eigenvalue weighted by molar-refractivity contribution is 5.14. The predicted molar refractivity (Wildman–Crippen MR) is 59.8 cm³/mol. The SMILES string of the molecule is Cn1cc(C2CCC2)nc1C1CCCN1. The number of imidazole rings is 1. The van der Waals surface area contributed by atoms with Gasteiger partial charge in [0.2, 0.25) is 0 Å². The van der Waals surface area contributed by atoms with E-state index in [4.69, 9.17) is 4.98 Å². The van der Waals surface area contributed by atoms with E-state index in [0.29, 0.717) is 6.04 Å². The van der Waals surface area contributed by atoms with E-state index in [9.17, 15) is 0 Å². The van der Waals surface area contributed by atoms with Crippen LogP contribution in [-0.2, 0) is 7.05 Å². The monoisotopic (exact) mass is 205 g/mol. The van der Waals surface area contributed by atoms with Crippen molar-refractivity contribution in [3.05, 3.63) is 17.7 Å². The smallest absolute Gasteiger partial charge is 0.125 e. The second kappa shape index (κ2) is 3.63. The lowest BCUT2D eigenvalue weighted by Gasteiger charge is -2.23. The maximum atomic E-state index is 4.81. The average Bonchev–Trinajstić information content (AvgIpc) is 2.70. The van der Waals surface area contributed by atoms with Gasteiger partial charge in [0.1, 0.15) is 5.82 Å². The van der Waals surface area contributed by atoms with E-state index in [1.807, 2.05) is 0 Å². The van der Waals surface area contributed by atoms with Crippen LogP contribution in [0.5, 0.6) is 0 Å². The van der Waals surface area contributed by atoms with Gasteiger partial charge in [0.15, 0.2) is 0 Å². The number of aryl methyl sites for hydroxylation is 1. The van der Waals surface area contributed by atoms with Crippen molar-refractivity contribution in [1.29, 1.82) is 0 Å². The fourth-order valence-electron chi connectivity index (χ4n) is 2.63. The molecule has 2 aliphatic rings. The minimum atomic E-state index is 0.504. The van der Waals surface area contributed by atoms with Crippen LogP contribution < -0.4 is 5.32 Å². The molecule has 1 atom stereocenters. The molecule has 1 aliphatic heterocycles. The summed E-state index contributed by atoms with van der Waals surface area (Å²) in [6.07, 6.45) is 8.84. The lowest BCUT2D eigenvalue weighted by atomic mass is 9.83. The van der Waals surface area contributed by atoms with Crippen molar-refractivity contribution < 1.29 is 0 Å². The van der Waals surface area contributed by atoms with Crippen LogP contribution in [0.2, 0.25) is 0 Å². The van der Waals surface area contributed by atoms with Crippen LogP contribution in [-0.4, -0.2) is 16.1 Å². The summed E-state index contributed by atoms with van der Waals surface area (Å²) in [6, 6.07) is 0.504. The summed E-state index contributed by atoms with van der Waals surface area (Å²) in [4.78, 5) is 4.81. The molecule has 1 saturated carbocycles.